The minimum Gasteiger partial charge on any atom is -0.393 e. The Labute approximate surface area is 169 Å². The first-order chi connectivity index (χ1) is 13.5. The van der Waals surface area contributed by atoms with Gasteiger partial charge in [-0.25, -0.2) is 0 Å². The van der Waals surface area contributed by atoms with Crippen molar-refractivity contribution in [2.75, 3.05) is 20.3 Å². The lowest BCUT2D eigenvalue weighted by molar-refractivity contribution is -0.122. The molecule has 0 aromatic rings. The Morgan fingerprint density at radius 1 is 1.29 bits per heavy atom. The van der Waals surface area contributed by atoms with Crippen LogP contribution in [-0.4, -0.2) is 47.7 Å². The first-order valence-electron chi connectivity index (χ1n) is 10.6. The van der Waals surface area contributed by atoms with E-state index in [-0.39, 0.29) is 30.8 Å². The summed E-state index contributed by atoms with van der Waals surface area (Å²) in [5, 5.41) is 19.9. The van der Waals surface area contributed by atoms with Gasteiger partial charge < -0.3 is 14.9 Å². The van der Waals surface area contributed by atoms with Gasteiger partial charge in [0.15, 0.2) is 5.78 Å². The average molecular weight is 395 g/mol. The van der Waals surface area contributed by atoms with Crippen molar-refractivity contribution in [3.05, 3.63) is 24.3 Å². The highest BCUT2D eigenvalue weighted by Crippen LogP contribution is 2.33. The van der Waals surface area contributed by atoms with E-state index in [4.69, 9.17) is 4.74 Å². The third kappa shape index (κ3) is 9.26. The van der Waals surface area contributed by atoms with Gasteiger partial charge >= 0.3 is 0 Å². The molecule has 1 fully saturated rings. The van der Waals surface area contributed by atoms with Crippen LogP contribution in [0.1, 0.15) is 71.1 Å². The van der Waals surface area contributed by atoms with Crippen LogP contribution in [0.4, 0.5) is 0 Å². The zero-order valence-electron chi connectivity index (χ0n) is 17.6. The van der Waals surface area contributed by atoms with Gasteiger partial charge in [0.2, 0.25) is 0 Å². The van der Waals surface area contributed by atoms with Gasteiger partial charge in [0.1, 0.15) is 12.4 Å². The Morgan fingerprint density at radius 2 is 2.07 bits per heavy atom. The maximum Gasteiger partial charge on any atom is 0.158 e. The Morgan fingerprint density at radius 3 is 2.75 bits per heavy atom. The van der Waals surface area contributed by atoms with Gasteiger partial charge in [-0.1, -0.05) is 44.1 Å². The Hall–Kier alpha value is -1.30. The Balaban J connectivity index is 2.43. The number of aliphatic hydroxyl groups is 2. The molecule has 3 atom stereocenters. The highest BCUT2D eigenvalue weighted by Gasteiger charge is 2.32. The van der Waals surface area contributed by atoms with Gasteiger partial charge in [0.25, 0.3) is 0 Å². The third-order valence-electron chi connectivity index (χ3n) is 5.51. The second-order valence-corrected chi connectivity index (χ2v) is 7.96. The fraction of sp³-hybridized carbons (Fsp3) is 0.739. The fourth-order valence-electron chi connectivity index (χ4n) is 3.70. The molecule has 160 valence electrons. The maximum absolute atomic E-state index is 12.2. The predicted octanol–water partition coefficient (Wildman–Crippen LogP) is 3.77. The molecule has 1 aliphatic rings. The molecule has 0 radical (unpaired) electrons. The number of ether oxygens (including phenoxy) is 1. The van der Waals surface area contributed by atoms with Gasteiger partial charge in [0, 0.05) is 25.9 Å². The van der Waals surface area contributed by atoms with E-state index in [0.717, 1.165) is 38.5 Å². The lowest BCUT2D eigenvalue weighted by atomic mass is 9.89. The van der Waals surface area contributed by atoms with Gasteiger partial charge in [-0.3, -0.25) is 9.59 Å². The van der Waals surface area contributed by atoms with Crippen LogP contribution in [0.3, 0.4) is 0 Å². The molecule has 0 aliphatic heterocycles. The van der Waals surface area contributed by atoms with Crippen LogP contribution in [-0.2, 0) is 14.3 Å². The van der Waals surface area contributed by atoms with Gasteiger partial charge in [-0.2, -0.15) is 0 Å². The lowest BCUT2D eigenvalue weighted by Crippen LogP contribution is -2.32. The van der Waals surface area contributed by atoms with Crippen molar-refractivity contribution in [3.63, 3.8) is 0 Å². The van der Waals surface area contributed by atoms with Crippen molar-refractivity contribution < 1.29 is 24.5 Å². The SMILES string of the molecule is CCCCC(O)(CO)CC=C[C@H]1CCC(=O)[C@@H]1CC=CCCCC(=O)COC. The smallest absolute Gasteiger partial charge is 0.158 e. The minimum absolute atomic E-state index is 0.000449. The number of hydrogen-bond acceptors (Lipinski definition) is 5. The summed E-state index contributed by atoms with van der Waals surface area (Å²) in [6.07, 6.45) is 15.3. The van der Waals surface area contributed by atoms with Crippen LogP contribution in [0, 0.1) is 11.8 Å². The number of ketones is 2. The fourth-order valence-corrected chi connectivity index (χ4v) is 3.70. The van der Waals surface area contributed by atoms with Crippen LogP contribution in [0.15, 0.2) is 24.3 Å². The number of Topliss-reactive ketones (excluding diaryl/α,β-unsaturated/α-hetero) is 2. The monoisotopic (exact) mass is 394 g/mol. The van der Waals surface area contributed by atoms with E-state index in [9.17, 15) is 19.8 Å². The standard InChI is InChI=1S/C23H38O5/c1-3-4-15-23(27,18-24)16-9-10-19-13-14-22(26)21(19)12-8-6-5-7-11-20(25)17-28-2/h6,8-10,19,21,24,27H,3-5,7,11-18H2,1-2H3/t19-,21+,23?/m0/s1. The molecule has 0 amide bonds. The van der Waals surface area contributed by atoms with E-state index in [2.05, 4.69) is 25.2 Å². The average Bonchev–Trinajstić information content (AvgIpc) is 3.03. The summed E-state index contributed by atoms with van der Waals surface area (Å²) < 4.78 is 4.81. The number of hydrogen-bond donors (Lipinski definition) is 2. The van der Waals surface area contributed by atoms with Crippen molar-refractivity contribution in [1.29, 1.82) is 0 Å². The minimum atomic E-state index is -1.05. The number of unbranched alkanes of at least 4 members (excludes halogenated alkanes) is 2. The summed E-state index contributed by atoms with van der Waals surface area (Å²) in [6.45, 7) is 2.01. The van der Waals surface area contributed by atoms with Gasteiger partial charge in [0.05, 0.1) is 12.2 Å². The maximum atomic E-state index is 12.2. The first-order valence-corrected chi connectivity index (χ1v) is 10.6. The van der Waals surface area contributed by atoms with E-state index in [1.165, 1.54) is 7.11 Å². The Bertz CT molecular complexity index is 525. The van der Waals surface area contributed by atoms with Crippen molar-refractivity contribution in [1.82, 2.24) is 0 Å². The molecule has 1 unspecified atom stereocenters. The second kappa shape index (κ2) is 13.8. The number of carbonyl (C=O) groups excluding carboxylic acids is 2. The molecule has 0 bridgehead atoms. The largest absolute Gasteiger partial charge is 0.393 e. The van der Waals surface area contributed by atoms with E-state index in [0.29, 0.717) is 31.5 Å². The summed E-state index contributed by atoms with van der Waals surface area (Å²) in [5.74, 6) is 0.627. The number of aliphatic hydroxyl groups excluding tert-OH is 1. The van der Waals surface area contributed by atoms with E-state index in [1.807, 2.05) is 6.08 Å². The van der Waals surface area contributed by atoms with Crippen molar-refractivity contribution in [2.24, 2.45) is 11.8 Å². The molecule has 0 spiro atoms. The molecule has 0 aromatic carbocycles. The lowest BCUT2D eigenvalue weighted by Gasteiger charge is -2.24. The molecule has 1 aliphatic carbocycles. The van der Waals surface area contributed by atoms with E-state index < -0.39 is 5.60 Å². The molecule has 0 heterocycles. The van der Waals surface area contributed by atoms with Crippen LogP contribution >= 0.6 is 0 Å². The van der Waals surface area contributed by atoms with Crippen LogP contribution < -0.4 is 0 Å². The molecule has 5 nitrogen and oxygen atoms in total. The second-order valence-electron chi connectivity index (χ2n) is 7.96. The molecule has 1 rings (SSSR count). The van der Waals surface area contributed by atoms with Crippen LogP contribution in [0.25, 0.3) is 0 Å². The molecular formula is C23H38O5. The number of carbonyl (C=O) groups is 2. The summed E-state index contributed by atoms with van der Waals surface area (Å²) in [4.78, 5) is 23.6. The highest BCUT2D eigenvalue weighted by atomic mass is 16.5. The van der Waals surface area contributed by atoms with Crippen molar-refractivity contribution >= 4 is 11.6 Å². The zero-order valence-corrected chi connectivity index (χ0v) is 17.6. The molecule has 2 N–H and O–H groups in total. The molecular weight excluding hydrogens is 356 g/mol. The Kier molecular flexibility index (Phi) is 12.2. The molecule has 1 saturated carbocycles. The number of methoxy groups -OCH3 is 1. The van der Waals surface area contributed by atoms with E-state index >= 15 is 0 Å². The normalized spacial score (nSPS) is 22.4. The van der Waals surface area contributed by atoms with Gasteiger partial charge in [-0.05, 0) is 44.4 Å². The molecule has 5 heteroatoms. The summed E-state index contributed by atoms with van der Waals surface area (Å²) in [6, 6.07) is 0. The van der Waals surface area contributed by atoms with Crippen molar-refractivity contribution in [3.8, 4) is 0 Å². The van der Waals surface area contributed by atoms with Crippen LogP contribution in [0.5, 0.6) is 0 Å². The number of rotatable bonds is 15. The molecule has 0 saturated heterocycles. The predicted molar refractivity (Wildman–Crippen MR) is 111 cm³/mol. The van der Waals surface area contributed by atoms with Crippen LogP contribution in [0.2, 0.25) is 0 Å². The third-order valence-corrected chi connectivity index (χ3v) is 5.51. The zero-order chi connectivity index (χ0) is 20.8. The summed E-state index contributed by atoms with van der Waals surface area (Å²) >= 11 is 0. The molecule has 0 aromatic heterocycles. The summed E-state index contributed by atoms with van der Waals surface area (Å²) in [5.41, 5.74) is -1.05. The molecule has 28 heavy (non-hydrogen) atoms. The first kappa shape index (κ1) is 24.7. The summed E-state index contributed by atoms with van der Waals surface area (Å²) in [7, 11) is 1.52. The highest BCUT2D eigenvalue weighted by molar-refractivity contribution is 5.83. The van der Waals surface area contributed by atoms with Gasteiger partial charge in [-0.15, -0.1) is 0 Å². The number of allylic oxidation sites excluding steroid dienone is 3. The quantitative estimate of drug-likeness (QED) is 0.326. The topological polar surface area (TPSA) is 83.8 Å². The van der Waals surface area contributed by atoms with E-state index in [1.54, 1.807) is 0 Å². The van der Waals surface area contributed by atoms with Crippen molar-refractivity contribution in [2.45, 2.75) is 76.7 Å².